The summed E-state index contributed by atoms with van der Waals surface area (Å²) in [5.74, 6) is 0.143. The van der Waals surface area contributed by atoms with Gasteiger partial charge in [0.1, 0.15) is 0 Å². The van der Waals surface area contributed by atoms with Crippen LogP contribution < -0.4 is 5.48 Å². The Morgan fingerprint density at radius 1 is 1.35 bits per heavy atom. The van der Waals surface area contributed by atoms with Crippen molar-refractivity contribution in [3.8, 4) is 0 Å². The van der Waals surface area contributed by atoms with E-state index in [4.69, 9.17) is 9.57 Å². The van der Waals surface area contributed by atoms with Crippen LogP contribution in [0.2, 0.25) is 0 Å². The standard InChI is InChI=1S/C13H19NO3/c1-10(2)9-17-14-8-11-6-4-5-7-12(11)13(15)16-3/h4-7,10,14H,8-9H2,1-3H3. The molecule has 0 aliphatic rings. The molecule has 0 radical (unpaired) electrons. The maximum Gasteiger partial charge on any atom is 0.338 e. The van der Waals surface area contributed by atoms with E-state index in [-0.39, 0.29) is 5.97 Å². The topological polar surface area (TPSA) is 47.6 Å². The molecule has 4 nitrogen and oxygen atoms in total. The van der Waals surface area contributed by atoms with E-state index in [9.17, 15) is 4.79 Å². The van der Waals surface area contributed by atoms with E-state index in [2.05, 4.69) is 19.3 Å². The average molecular weight is 237 g/mol. The molecule has 94 valence electrons. The zero-order valence-electron chi connectivity index (χ0n) is 10.5. The van der Waals surface area contributed by atoms with Gasteiger partial charge in [-0.05, 0) is 17.5 Å². The molecule has 0 spiro atoms. The van der Waals surface area contributed by atoms with Gasteiger partial charge >= 0.3 is 5.97 Å². The molecule has 0 saturated heterocycles. The molecular weight excluding hydrogens is 218 g/mol. The highest BCUT2D eigenvalue weighted by Crippen LogP contribution is 2.09. The largest absolute Gasteiger partial charge is 0.465 e. The van der Waals surface area contributed by atoms with Gasteiger partial charge in [0.25, 0.3) is 0 Å². The molecule has 0 aromatic heterocycles. The normalized spacial score (nSPS) is 10.6. The van der Waals surface area contributed by atoms with Crippen LogP contribution in [0.4, 0.5) is 0 Å². The molecule has 0 fully saturated rings. The molecule has 0 saturated carbocycles. The van der Waals surface area contributed by atoms with Crippen LogP contribution in [0.3, 0.4) is 0 Å². The minimum absolute atomic E-state index is 0.328. The number of carbonyl (C=O) groups is 1. The minimum atomic E-state index is -0.328. The molecule has 1 N–H and O–H groups in total. The van der Waals surface area contributed by atoms with Crippen LogP contribution in [-0.4, -0.2) is 19.7 Å². The quantitative estimate of drug-likeness (QED) is 0.468. The fourth-order valence-corrected chi connectivity index (χ4v) is 1.34. The number of ether oxygens (including phenoxy) is 1. The van der Waals surface area contributed by atoms with Crippen molar-refractivity contribution >= 4 is 5.97 Å². The molecule has 0 amide bonds. The molecular formula is C13H19NO3. The van der Waals surface area contributed by atoms with Crippen LogP contribution in [0.15, 0.2) is 24.3 Å². The van der Waals surface area contributed by atoms with E-state index in [0.717, 1.165) is 5.56 Å². The second kappa shape index (κ2) is 7.04. The van der Waals surface area contributed by atoms with Gasteiger partial charge in [-0.1, -0.05) is 32.0 Å². The van der Waals surface area contributed by atoms with Gasteiger partial charge < -0.3 is 9.57 Å². The van der Waals surface area contributed by atoms with E-state index >= 15 is 0 Å². The number of hydrogen-bond donors (Lipinski definition) is 1. The third-order valence-corrected chi connectivity index (χ3v) is 2.20. The average Bonchev–Trinajstić information content (AvgIpc) is 2.34. The van der Waals surface area contributed by atoms with Crippen LogP contribution in [0, 0.1) is 5.92 Å². The number of esters is 1. The lowest BCUT2D eigenvalue weighted by Gasteiger charge is -2.10. The van der Waals surface area contributed by atoms with Gasteiger partial charge in [0.15, 0.2) is 0 Å². The summed E-state index contributed by atoms with van der Waals surface area (Å²) >= 11 is 0. The Morgan fingerprint density at radius 3 is 2.71 bits per heavy atom. The van der Waals surface area contributed by atoms with Crippen LogP contribution >= 0.6 is 0 Å². The number of rotatable bonds is 6. The maximum absolute atomic E-state index is 11.5. The minimum Gasteiger partial charge on any atom is -0.465 e. The summed E-state index contributed by atoms with van der Waals surface area (Å²) in [6, 6.07) is 7.31. The Bertz CT molecular complexity index is 363. The van der Waals surface area contributed by atoms with Crippen LogP contribution in [0.1, 0.15) is 29.8 Å². The Labute approximate surface area is 102 Å². The predicted octanol–water partition coefficient (Wildman–Crippen LogP) is 2.15. The predicted molar refractivity (Wildman–Crippen MR) is 65.4 cm³/mol. The lowest BCUT2D eigenvalue weighted by Crippen LogP contribution is -2.19. The fraction of sp³-hybridized carbons (Fsp3) is 0.462. The molecule has 0 heterocycles. The molecule has 17 heavy (non-hydrogen) atoms. The Hall–Kier alpha value is -1.39. The smallest absolute Gasteiger partial charge is 0.338 e. The highest BCUT2D eigenvalue weighted by molar-refractivity contribution is 5.90. The van der Waals surface area contributed by atoms with Crippen molar-refractivity contribution in [2.24, 2.45) is 5.92 Å². The van der Waals surface area contributed by atoms with Crippen LogP contribution in [0.25, 0.3) is 0 Å². The van der Waals surface area contributed by atoms with Gasteiger partial charge in [-0.15, -0.1) is 0 Å². The highest BCUT2D eigenvalue weighted by Gasteiger charge is 2.10. The zero-order chi connectivity index (χ0) is 12.7. The number of hydrogen-bond acceptors (Lipinski definition) is 4. The summed E-state index contributed by atoms with van der Waals surface area (Å²) in [5, 5.41) is 0. The SMILES string of the molecule is COC(=O)c1ccccc1CNOCC(C)C. The highest BCUT2D eigenvalue weighted by atomic mass is 16.6. The number of nitrogens with one attached hydrogen (secondary N) is 1. The molecule has 0 atom stereocenters. The second-order valence-electron chi connectivity index (χ2n) is 4.17. The summed E-state index contributed by atoms with van der Waals surface area (Å²) < 4.78 is 4.71. The lowest BCUT2D eigenvalue weighted by molar-refractivity contribution is 0.0193. The van der Waals surface area contributed by atoms with E-state index in [1.807, 2.05) is 18.2 Å². The molecule has 1 rings (SSSR count). The molecule has 4 heteroatoms. The van der Waals surface area contributed by atoms with Gasteiger partial charge in [-0.2, -0.15) is 5.48 Å². The summed E-state index contributed by atoms with van der Waals surface area (Å²) in [6.45, 7) is 5.27. The number of carbonyl (C=O) groups excluding carboxylic acids is 1. The molecule has 0 aliphatic carbocycles. The maximum atomic E-state index is 11.5. The third kappa shape index (κ3) is 4.54. The van der Waals surface area contributed by atoms with E-state index < -0.39 is 0 Å². The van der Waals surface area contributed by atoms with Gasteiger partial charge in [-0.3, -0.25) is 0 Å². The van der Waals surface area contributed by atoms with Crippen LogP contribution in [-0.2, 0) is 16.1 Å². The fourth-order valence-electron chi connectivity index (χ4n) is 1.34. The van der Waals surface area contributed by atoms with E-state index in [1.54, 1.807) is 6.07 Å². The summed E-state index contributed by atoms with van der Waals surface area (Å²) in [4.78, 5) is 16.7. The van der Waals surface area contributed by atoms with Crippen molar-refractivity contribution in [1.82, 2.24) is 5.48 Å². The summed E-state index contributed by atoms with van der Waals surface area (Å²) in [5.41, 5.74) is 4.27. The Morgan fingerprint density at radius 2 is 2.06 bits per heavy atom. The van der Waals surface area contributed by atoms with Crippen molar-refractivity contribution in [3.05, 3.63) is 35.4 Å². The van der Waals surface area contributed by atoms with Crippen molar-refractivity contribution < 1.29 is 14.4 Å². The molecule has 0 unspecified atom stereocenters. The van der Waals surface area contributed by atoms with Gasteiger partial charge in [0, 0.05) is 6.54 Å². The van der Waals surface area contributed by atoms with E-state index in [1.165, 1.54) is 7.11 Å². The monoisotopic (exact) mass is 237 g/mol. The molecule has 1 aromatic carbocycles. The number of hydroxylamine groups is 1. The van der Waals surface area contributed by atoms with Crippen molar-refractivity contribution in [1.29, 1.82) is 0 Å². The van der Waals surface area contributed by atoms with Gasteiger partial charge in [0.2, 0.25) is 0 Å². The van der Waals surface area contributed by atoms with Crippen molar-refractivity contribution in [2.45, 2.75) is 20.4 Å². The van der Waals surface area contributed by atoms with Crippen molar-refractivity contribution in [3.63, 3.8) is 0 Å². The molecule has 1 aromatic rings. The van der Waals surface area contributed by atoms with Gasteiger partial charge in [0.05, 0.1) is 19.3 Å². The second-order valence-corrected chi connectivity index (χ2v) is 4.17. The van der Waals surface area contributed by atoms with Gasteiger partial charge in [-0.25, -0.2) is 4.79 Å². The Balaban J connectivity index is 2.55. The first-order chi connectivity index (χ1) is 8.15. The molecule has 0 aliphatic heterocycles. The lowest BCUT2D eigenvalue weighted by atomic mass is 10.1. The van der Waals surface area contributed by atoms with Crippen molar-refractivity contribution in [2.75, 3.05) is 13.7 Å². The first kappa shape index (κ1) is 13.7. The zero-order valence-corrected chi connectivity index (χ0v) is 10.5. The first-order valence-corrected chi connectivity index (χ1v) is 5.66. The number of benzene rings is 1. The molecule has 0 bridgehead atoms. The number of methoxy groups -OCH3 is 1. The summed E-state index contributed by atoms with van der Waals surface area (Å²) in [6.07, 6.45) is 0. The third-order valence-electron chi connectivity index (χ3n) is 2.20. The van der Waals surface area contributed by atoms with Crippen LogP contribution in [0.5, 0.6) is 0 Å². The first-order valence-electron chi connectivity index (χ1n) is 5.66. The summed E-state index contributed by atoms with van der Waals surface area (Å²) in [7, 11) is 1.38. The Kier molecular flexibility index (Phi) is 5.66. The van der Waals surface area contributed by atoms with E-state index in [0.29, 0.717) is 24.6 Å².